The van der Waals surface area contributed by atoms with Gasteiger partial charge in [-0.25, -0.2) is 0 Å². The third-order valence-electron chi connectivity index (χ3n) is 4.79. The van der Waals surface area contributed by atoms with Crippen LogP contribution in [-0.2, 0) is 9.53 Å². The van der Waals surface area contributed by atoms with E-state index in [2.05, 4.69) is 20.8 Å². The highest BCUT2D eigenvalue weighted by molar-refractivity contribution is 5.76. The second kappa shape index (κ2) is 8.05. The van der Waals surface area contributed by atoms with Crippen molar-refractivity contribution in [3.63, 3.8) is 0 Å². The van der Waals surface area contributed by atoms with Crippen molar-refractivity contribution in [2.45, 2.75) is 93.1 Å². The van der Waals surface area contributed by atoms with Gasteiger partial charge in [-0.15, -0.1) is 0 Å². The molecule has 0 heterocycles. The van der Waals surface area contributed by atoms with Crippen molar-refractivity contribution in [1.29, 1.82) is 0 Å². The van der Waals surface area contributed by atoms with Crippen molar-refractivity contribution in [2.75, 3.05) is 0 Å². The zero-order chi connectivity index (χ0) is 16.0. The number of carbonyl (C=O) groups excluding carboxylic acids is 1. The molecular formula is C18H36O2. The fourth-order valence-electron chi connectivity index (χ4n) is 2.56. The van der Waals surface area contributed by atoms with E-state index in [1.165, 1.54) is 25.7 Å². The Morgan fingerprint density at radius 3 is 1.90 bits per heavy atom. The zero-order valence-corrected chi connectivity index (χ0v) is 15.0. The van der Waals surface area contributed by atoms with Gasteiger partial charge in [0.1, 0.15) is 5.60 Å². The Hall–Kier alpha value is -0.530. The predicted octanol–water partition coefficient (Wildman–Crippen LogP) is 5.60. The van der Waals surface area contributed by atoms with Gasteiger partial charge in [0.2, 0.25) is 0 Å². The van der Waals surface area contributed by atoms with Crippen molar-refractivity contribution in [2.24, 2.45) is 17.3 Å². The first kappa shape index (κ1) is 19.5. The van der Waals surface area contributed by atoms with Crippen LogP contribution in [0.5, 0.6) is 0 Å². The van der Waals surface area contributed by atoms with E-state index in [1.807, 2.05) is 34.6 Å². The average Bonchev–Trinajstić information content (AvgIpc) is 2.41. The lowest BCUT2D eigenvalue weighted by molar-refractivity contribution is -0.174. The summed E-state index contributed by atoms with van der Waals surface area (Å²) in [6, 6.07) is 0. The van der Waals surface area contributed by atoms with Crippen LogP contribution in [0.3, 0.4) is 0 Å². The second-order valence-electron chi connectivity index (χ2n) is 7.19. The molecule has 2 heteroatoms. The number of hydrogen-bond acceptors (Lipinski definition) is 2. The molecule has 0 aromatic carbocycles. The molecular weight excluding hydrogens is 248 g/mol. The maximum atomic E-state index is 12.2. The van der Waals surface area contributed by atoms with Gasteiger partial charge in [0, 0.05) is 0 Å². The van der Waals surface area contributed by atoms with Crippen LogP contribution >= 0.6 is 0 Å². The van der Waals surface area contributed by atoms with Gasteiger partial charge in [0.05, 0.1) is 5.41 Å². The van der Waals surface area contributed by atoms with Crippen LogP contribution in [0.2, 0.25) is 0 Å². The lowest BCUT2D eigenvalue weighted by Crippen LogP contribution is -2.42. The van der Waals surface area contributed by atoms with Crippen LogP contribution in [-0.4, -0.2) is 11.6 Å². The minimum Gasteiger partial charge on any atom is -0.459 e. The zero-order valence-electron chi connectivity index (χ0n) is 15.0. The average molecular weight is 284 g/mol. The van der Waals surface area contributed by atoms with Crippen molar-refractivity contribution < 1.29 is 9.53 Å². The summed E-state index contributed by atoms with van der Waals surface area (Å²) in [5.41, 5.74) is -0.678. The number of esters is 1. The van der Waals surface area contributed by atoms with Crippen molar-refractivity contribution >= 4 is 5.97 Å². The Morgan fingerprint density at radius 1 is 1.05 bits per heavy atom. The third-order valence-corrected chi connectivity index (χ3v) is 4.79. The van der Waals surface area contributed by atoms with Gasteiger partial charge in [0.25, 0.3) is 0 Å². The van der Waals surface area contributed by atoms with Crippen LogP contribution in [0.15, 0.2) is 0 Å². The normalized spacial score (nSPS) is 23.6. The monoisotopic (exact) mass is 284 g/mol. The summed E-state index contributed by atoms with van der Waals surface area (Å²) in [5.74, 6) is 1.30. The first-order valence-corrected chi connectivity index (χ1v) is 8.42. The molecule has 0 aromatic heterocycles. The SMILES string of the molecule is CC.CCC(C)(C)C(=O)OC(C)(C)C1CCC(C)CC1. The summed E-state index contributed by atoms with van der Waals surface area (Å²) in [6.45, 7) is 16.4. The first-order valence-electron chi connectivity index (χ1n) is 8.42. The summed E-state index contributed by atoms with van der Waals surface area (Å²) < 4.78 is 5.83. The molecule has 0 unspecified atom stereocenters. The van der Waals surface area contributed by atoms with E-state index in [0.717, 1.165) is 12.3 Å². The molecule has 0 aliphatic heterocycles. The van der Waals surface area contributed by atoms with Crippen LogP contribution in [0.4, 0.5) is 0 Å². The highest BCUT2D eigenvalue weighted by Crippen LogP contribution is 2.38. The van der Waals surface area contributed by atoms with Gasteiger partial charge < -0.3 is 4.74 Å². The molecule has 0 spiro atoms. The topological polar surface area (TPSA) is 26.3 Å². The minimum atomic E-state index is -0.362. The van der Waals surface area contributed by atoms with E-state index in [1.54, 1.807) is 0 Å². The summed E-state index contributed by atoms with van der Waals surface area (Å²) in [6.07, 6.45) is 5.73. The van der Waals surface area contributed by atoms with Crippen LogP contribution in [0, 0.1) is 17.3 Å². The minimum absolute atomic E-state index is 0.0476. The molecule has 20 heavy (non-hydrogen) atoms. The number of carbonyl (C=O) groups is 1. The fraction of sp³-hybridized carbons (Fsp3) is 0.944. The lowest BCUT2D eigenvalue weighted by Gasteiger charge is -2.39. The lowest BCUT2D eigenvalue weighted by atomic mass is 9.75. The van der Waals surface area contributed by atoms with E-state index in [-0.39, 0.29) is 17.0 Å². The van der Waals surface area contributed by atoms with Crippen molar-refractivity contribution in [3.05, 3.63) is 0 Å². The van der Waals surface area contributed by atoms with Crippen molar-refractivity contribution in [1.82, 2.24) is 0 Å². The summed E-state index contributed by atoms with van der Waals surface area (Å²) in [7, 11) is 0. The second-order valence-corrected chi connectivity index (χ2v) is 7.19. The Morgan fingerprint density at radius 2 is 1.50 bits per heavy atom. The molecule has 0 aromatic rings. The molecule has 1 aliphatic rings. The van der Waals surface area contributed by atoms with Gasteiger partial charge in [-0.2, -0.15) is 0 Å². The molecule has 0 radical (unpaired) electrons. The first-order chi connectivity index (χ1) is 9.19. The summed E-state index contributed by atoms with van der Waals surface area (Å²) in [5, 5.41) is 0. The molecule has 120 valence electrons. The van der Waals surface area contributed by atoms with Crippen LogP contribution in [0.25, 0.3) is 0 Å². The molecule has 1 saturated carbocycles. The van der Waals surface area contributed by atoms with Gasteiger partial charge in [-0.1, -0.05) is 40.5 Å². The summed E-state index contributed by atoms with van der Waals surface area (Å²) >= 11 is 0. The maximum Gasteiger partial charge on any atom is 0.312 e. The molecule has 0 atom stereocenters. The van der Waals surface area contributed by atoms with Crippen molar-refractivity contribution in [3.8, 4) is 0 Å². The van der Waals surface area contributed by atoms with Crippen LogP contribution < -0.4 is 0 Å². The van der Waals surface area contributed by atoms with E-state index < -0.39 is 0 Å². The molecule has 0 amide bonds. The van der Waals surface area contributed by atoms with Gasteiger partial charge >= 0.3 is 5.97 Å². The highest BCUT2D eigenvalue weighted by atomic mass is 16.6. The largest absolute Gasteiger partial charge is 0.459 e. The van der Waals surface area contributed by atoms with E-state index in [9.17, 15) is 4.79 Å². The molecule has 1 aliphatic carbocycles. The number of hydrogen-bond donors (Lipinski definition) is 0. The highest BCUT2D eigenvalue weighted by Gasteiger charge is 2.38. The quantitative estimate of drug-likeness (QED) is 0.628. The molecule has 0 N–H and O–H groups in total. The van der Waals surface area contributed by atoms with E-state index in [0.29, 0.717) is 5.92 Å². The Bertz CT molecular complexity index is 284. The number of rotatable bonds is 4. The molecule has 0 bridgehead atoms. The summed E-state index contributed by atoms with van der Waals surface area (Å²) in [4.78, 5) is 12.2. The molecule has 1 rings (SSSR count). The third kappa shape index (κ3) is 5.46. The smallest absolute Gasteiger partial charge is 0.312 e. The fourth-order valence-corrected chi connectivity index (χ4v) is 2.56. The van der Waals surface area contributed by atoms with Gasteiger partial charge in [0.15, 0.2) is 0 Å². The standard InChI is InChI=1S/C16H30O2.C2H6/c1-7-15(3,4)14(17)18-16(5,6)13-10-8-12(2)9-11-13;1-2/h12-13H,7-11H2,1-6H3;1-2H3. The number of ether oxygens (including phenoxy) is 1. The Kier molecular flexibility index (Phi) is 7.83. The molecule has 1 fully saturated rings. The Balaban J connectivity index is 0.00000172. The van der Waals surface area contributed by atoms with Crippen LogP contribution in [0.1, 0.15) is 87.5 Å². The maximum absolute atomic E-state index is 12.2. The van der Waals surface area contributed by atoms with Gasteiger partial charge in [-0.3, -0.25) is 4.79 Å². The molecule has 0 saturated heterocycles. The van der Waals surface area contributed by atoms with E-state index in [4.69, 9.17) is 4.74 Å². The van der Waals surface area contributed by atoms with E-state index >= 15 is 0 Å². The Labute approximate surface area is 126 Å². The predicted molar refractivity (Wildman–Crippen MR) is 86.7 cm³/mol. The van der Waals surface area contributed by atoms with Gasteiger partial charge in [-0.05, 0) is 58.8 Å². The molecule has 2 nitrogen and oxygen atoms in total.